The highest BCUT2D eigenvalue weighted by molar-refractivity contribution is 6.30. The number of benzene rings is 2. The summed E-state index contributed by atoms with van der Waals surface area (Å²) < 4.78 is 11.0. The summed E-state index contributed by atoms with van der Waals surface area (Å²) in [6, 6.07) is 10.5. The van der Waals surface area contributed by atoms with Gasteiger partial charge >= 0.3 is 0 Å². The molecule has 0 fully saturated rings. The molecule has 2 rings (SSSR count). The lowest BCUT2D eigenvalue weighted by Gasteiger charge is -2.18. The molecule has 4 heteroatoms. The van der Waals surface area contributed by atoms with E-state index < -0.39 is 0 Å². The summed E-state index contributed by atoms with van der Waals surface area (Å²) in [4.78, 5) is 0. The Morgan fingerprint density at radius 3 is 2.42 bits per heavy atom. The predicted octanol–water partition coefficient (Wildman–Crippen LogP) is 4.69. The third kappa shape index (κ3) is 4.89. The fraction of sp³-hybridized carbons (Fsp3) is 0.400. The summed E-state index contributed by atoms with van der Waals surface area (Å²) in [5.74, 6) is 1.80. The van der Waals surface area contributed by atoms with Crippen LogP contribution in [0.1, 0.15) is 29.2 Å². The van der Waals surface area contributed by atoms with E-state index in [0.717, 1.165) is 40.6 Å². The highest BCUT2D eigenvalue weighted by Gasteiger charge is 2.13. The second kappa shape index (κ2) is 8.41. The van der Waals surface area contributed by atoms with Gasteiger partial charge in [0.05, 0.1) is 14.2 Å². The molecule has 0 amide bonds. The van der Waals surface area contributed by atoms with Gasteiger partial charge in [-0.05, 0) is 73.7 Å². The second-order valence-corrected chi connectivity index (χ2v) is 6.70. The van der Waals surface area contributed by atoms with Crippen molar-refractivity contribution >= 4 is 11.6 Å². The number of halogens is 1. The molecule has 0 spiro atoms. The van der Waals surface area contributed by atoms with Crippen LogP contribution < -0.4 is 14.8 Å². The standard InChI is InChI=1S/C20H26ClNO2/c1-13-6-16(10-18(21)7-13)12-22-15(3)9-17-11-19(23-4)8-14(2)20(17)24-5/h6-8,10-11,15,22H,9,12H2,1-5H3. The number of ether oxygens (including phenoxy) is 2. The Bertz CT molecular complexity index is 680. The van der Waals surface area contributed by atoms with Crippen molar-refractivity contribution in [2.45, 2.75) is 39.8 Å². The quantitative estimate of drug-likeness (QED) is 0.787. The van der Waals surface area contributed by atoms with Crippen molar-refractivity contribution in [3.63, 3.8) is 0 Å². The number of nitrogens with one attached hydrogen (secondary N) is 1. The molecule has 0 aliphatic carbocycles. The number of rotatable bonds is 7. The molecule has 0 heterocycles. The van der Waals surface area contributed by atoms with Crippen molar-refractivity contribution < 1.29 is 9.47 Å². The van der Waals surface area contributed by atoms with Crippen molar-refractivity contribution in [2.75, 3.05) is 14.2 Å². The molecule has 1 unspecified atom stereocenters. The number of methoxy groups -OCH3 is 2. The summed E-state index contributed by atoms with van der Waals surface area (Å²) >= 11 is 6.13. The molecular weight excluding hydrogens is 322 g/mol. The van der Waals surface area contributed by atoms with Crippen molar-refractivity contribution in [2.24, 2.45) is 0 Å². The summed E-state index contributed by atoms with van der Waals surface area (Å²) in [7, 11) is 3.40. The van der Waals surface area contributed by atoms with Crippen LogP contribution in [-0.4, -0.2) is 20.3 Å². The maximum absolute atomic E-state index is 6.13. The van der Waals surface area contributed by atoms with E-state index in [1.54, 1.807) is 14.2 Å². The van der Waals surface area contributed by atoms with Gasteiger partial charge in [0.25, 0.3) is 0 Å². The molecule has 1 N–H and O–H groups in total. The minimum absolute atomic E-state index is 0.296. The zero-order chi connectivity index (χ0) is 17.7. The molecule has 0 bridgehead atoms. The zero-order valence-corrected chi connectivity index (χ0v) is 15.8. The highest BCUT2D eigenvalue weighted by Crippen LogP contribution is 2.29. The Labute approximate surface area is 149 Å². The van der Waals surface area contributed by atoms with E-state index in [9.17, 15) is 0 Å². The van der Waals surface area contributed by atoms with E-state index in [1.807, 2.05) is 31.2 Å². The van der Waals surface area contributed by atoms with E-state index in [1.165, 1.54) is 11.1 Å². The molecule has 130 valence electrons. The van der Waals surface area contributed by atoms with Gasteiger partial charge in [-0.3, -0.25) is 0 Å². The molecule has 24 heavy (non-hydrogen) atoms. The van der Waals surface area contributed by atoms with Crippen LogP contribution in [0, 0.1) is 13.8 Å². The van der Waals surface area contributed by atoms with Crippen LogP contribution in [-0.2, 0) is 13.0 Å². The van der Waals surface area contributed by atoms with Gasteiger partial charge in [-0.1, -0.05) is 17.7 Å². The van der Waals surface area contributed by atoms with Gasteiger partial charge in [0.1, 0.15) is 11.5 Å². The van der Waals surface area contributed by atoms with Gasteiger partial charge in [0.2, 0.25) is 0 Å². The first-order valence-corrected chi connectivity index (χ1v) is 8.51. The predicted molar refractivity (Wildman–Crippen MR) is 100 cm³/mol. The Kier molecular flexibility index (Phi) is 6.52. The normalized spacial score (nSPS) is 12.1. The minimum atomic E-state index is 0.296. The SMILES string of the molecule is COc1cc(C)c(OC)c(CC(C)NCc2cc(C)cc(Cl)c2)c1. The molecule has 3 nitrogen and oxygen atoms in total. The highest BCUT2D eigenvalue weighted by atomic mass is 35.5. The van der Waals surface area contributed by atoms with Crippen molar-refractivity contribution in [1.82, 2.24) is 5.32 Å². The third-order valence-electron chi connectivity index (χ3n) is 4.05. The molecule has 0 aliphatic heterocycles. The third-order valence-corrected chi connectivity index (χ3v) is 4.27. The molecular formula is C20H26ClNO2. The fourth-order valence-corrected chi connectivity index (χ4v) is 3.29. The van der Waals surface area contributed by atoms with E-state index >= 15 is 0 Å². The molecule has 0 saturated carbocycles. The lowest BCUT2D eigenvalue weighted by Crippen LogP contribution is -2.27. The van der Waals surface area contributed by atoms with Gasteiger partial charge in [-0.2, -0.15) is 0 Å². The average molecular weight is 348 g/mol. The van der Waals surface area contributed by atoms with Crippen LogP contribution in [0.3, 0.4) is 0 Å². The molecule has 0 aromatic heterocycles. The number of aryl methyl sites for hydroxylation is 2. The molecule has 0 radical (unpaired) electrons. The van der Waals surface area contributed by atoms with Crippen LogP contribution in [0.2, 0.25) is 5.02 Å². The summed E-state index contributed by atoms with van der Waals surface area (Å²) in [5, 5.41) is 4.34. The number of hydrogen-bond donors (Lipinski definition) is 1. The van der Waals surface area contributed by atoms with Crippen LogP contribution in [0.15, 0.2) is 30.3 Å². The first kappa shape index (κ1) is 18.6. The Hall–Kier alpha value is -1.71. The minimum Gasteiger partial charge on any atom is -0.497 e. The molecule has 2 aromatic carbocycles. The summed E-state index contributed by atoms with van der Waals surface area (Å²) in [5.41, 5.74) is 4.61. The maximum atomic E-state index is 6.13. The summed E-state index contributed by atoms with van der Waals surface area (Å²) in [6.07, 6.45) is 0.862. The van der Waals surface area contributed by atoms with Crippen molar-refractivity contribution in [1.29, 1.82) is 0 Å². The van der Waals surface area contributed by atoms with Crippen LogP contribution in [0.4, 0.5) is 0 Å². The van der Waals surface area contributed by atoms with Gasteiger partial charge < -0.3 is 14.8 Å². The van der Waals surface area contributed by atoms with Crippen LogP contribution in [0.5, 0.6) is 11.5 Å². The van der Waals surface area contributed by atoms with E-state index in [-0.39, 0.29) is 0 Å². The second-order valence-electron chi connectivity index (χ2n) is 6.26. The summed E-state index contributed by atoms with van der Waals surface area (Å²) in [6.45, 7) is 7.06. The lowest BCUT2D eigenvalue weighted by molar-refractivity contribution is 0.393. The monoisotopic (exact) mass is 347 g/mol. The molecule has 0 aliphatic rings. The van der Waals surface area contributed by atoms with E-state index in [0.29, 0.717) is 6.04 Å². The lowest BCUT2D eigenvalue weighted by atomic mass is 10.0. The molecule has 1 atom stereocenters. The van der Waals surface area contributed by atoms with E-state index in [2.05, 4.69) is 25.2 Å². The maximum Gasteiger partial charge on any atom is 0.125 e. The van der Waals surface area contributed by atoms with Crippen molar-refractivity contribution in [3.05, 3.63) is 57.6 Å². The van der Waals surface area contributed by atoms with Gasteiger partial charge in [-0.15, -0.1) is 0 Å². The van der Waals surface area contributed by atoms with Gasteiger partial charge in [0.15, 0.2) is 0 Å². The smallest absolute Gasteiger partial charge is 0.125 e. The fourth-order valence-electron chi connectivity index (χ4n) is 2.98. The van der Waals surface area contributed by atoms with Crippen LogP contribution >= 0.6 is 11.6 Å². The van der Waals surface area contributed by atoms with Gasteiger partial charge in [0, 0.05) is 17.6 Å². The largest absolute Gasteiger partial charge is 0.497 e. The number of hydrogen-bond acceptors (Lipinski definition) is 3. The molecule has 0 saturated heterocycles. The Morgan fingerprint density at radius 2 is 1.79 bits per heavy atom. The van der Waals surface area contributed by atoms with Gasteiger partial charge in [-0.25, -0.2) is 0 Å². The Balaban J connectivity index is 2.06. The zero-order valence-electron chi connectivity index (χ0n) is 15.1. The Morgan fingerprint density at radius 1 is 1.04 bits per heavy atom. The van der Waals surface area contributed by atoms with E-state index in [4.69, 9.17) is 21.1 Å². The van der Waals surface area contributed by atoms with Crippen molar-refractivity contribution in [3.8, 4) is 11.5 Å². The topological polar surface area (TPSA) is 30.5 Å². The first-order chi connectivity index (χ1) is 11.4. The average Bonchev–Trinajstić information content (AvgIpc) is 2.51. The molecule has 2 aromatic rings. The first-order valence-electron chi connectivity index (χ1n) is 8.14. The van der Waals surface area contributed by atoms with Crippen LogP contribution in [0.25, 0.3) is 0 Å².